The molecule has 12 N–H and O–H groups in total. The second kappa shape index (κ2) is 42.8. The number of allylic oxidation sites excluding steroid dienone is 6. The van der Waals surface area contributed by atoms with E-state index in [1.165, 1.54) is 89.9 Å². The molecule has 3 aliphatic rings. The van der Waals surface area contributed by atoms with Gasteiger partial charge in [-0.05, 0) is 51.4 Å². The Kier molecular flexibility index (Phi) is 38.5. The molecule has 0 saturated carbocycles. The summed E-state index contributed by atoms with van der Waals surface area (Å²) in [6.45, 7) is 1.68. The highest BCUT2D eigenvalue weighted by Crippen LogP contribution is 2.33. The van der Waals surface area contributed by atoms with Crippen LogP contribution in [0.2, 0.25) is 0 Å². The second-order valence-corrected chi connectivity index (χ2v) is 21.8. The van der Waals surface area contributed by atoms with Crippen molar-refractivity contribution in [3.63, 3.8) is 0 Å². The van der Waals surface area contributed by atoms with Gasteiger partial charge < -0.3 is 89.9 Å². The molecule has 3 aliphatic heterocycles. The van der Waals surface area contributed by atoms with E-state index in [-0.39, 0.29) is 18.9 Å². The smallest absolute Gasteiger partial charge is 0.220 e. The largest absolute Gasteiger partial charge is 0.394 e. The van der Waals surface area contributed by atoms with Crippen LogP contribution in [-0.4, -0.2) is 193 Å². The summed E-state index contributed by atoms with van der Waals surface area (Å²) in [6, 6.07) is -0.884. The Morgan fingerprint density at radius 3 is 1.32 bits per heavy atom. The van der Waals surface area contributed by atoms with Gasteiger partial charge in [-0.2, -0.15) is 0 Å². The van der Waals surface area contributed by atoms with E-state index in [1.807, 2.05) is 0 Å². The molecule has 0 radical (unpaired) electrons. The van der Waals surface area contributed by atoms with E-state index in [2.05, 4.69) is 55.6 Å². The molecule has 3 rings (SSSR count). The van der Waals surface area contributed by atoms with Crippen LogP contribution in [0.3, 0.4) is 0 Å². The third-order valence-corrected chi connectivity index (χ3v) is 15.2. The standard InChI is InChI=1S/C59H107NO18/c1-3-5-7-9-11-12-13-14-15-16-17-18-19-20-21-22-23-24-25-26-27-28-29-30-31-33-35-37-47(65)60-42(43(64)36-34-32-10-8-6-4-2)41-73-57-53(71)50(68)55(45(39-62)75-57)78-59-54(72)51(69)56(46(40-63)76-59)77-58-52(70)49(67)48(66)44(38-61)74-58/h13-14,16-17,19-20,42-46,48-59,61-64,66-72H,3-12,15,18,21-41H2,1-2H3,(H,60,65)/b14-13-,17-16-,20-19-. The SMILES string of the molecule is CCCCCCC/C=C\C/C=C\C/C=C\CCCCCCCCCCCCCCC(=O)NC(COC1OC(CO)C(OC2OC(CO)C(OC3OC(CO)C(O)C(O)C3O)C(O)C2O)C(O)C1O)C(O)CCCCCCCC. The number of carbonyl (C=O) groups is 1. The van der Waals surface area contributed by atoms with Crippen molar-refractivity contribution in [2.24, 2.45) is 0 Å². The van der Waals surface area contributed by atoms with Gasteiger partial charge in [-0.15, -0.1) is 0 Å². The van der Waals surface area contributed by atoms with Crippen LogP contribution in [0.25, 0.3) is 0 Å². The lowest BCUT2D eigenvalue weighted by molar-refractivity contribution is -0.379. The highest BCUT2D eigenvalue weighted by atomic mass is 16.8. The van der Waals surface area contributed by atoms with Crippen molar-refractivity contribution in [3.8, 4) is 0 Å². The van der Waals surface area contributed by atoms with E-state index in [4.69, 9.17) is 28.4 Å². The number of hydrogen-bond donors (Lipinski definition) is 12. The number of amides is 1. The Bertz CT molecular complexity index is 1570. The second-order valence-electron chi connectivity index (χ2n) is 21.8. The third kappa shape index (κ3) is 26.5. The number of unbranched alkanes of at least 4 members (excludes halogenated alkanes) is 22. The van der Waals surface area contributed by atoms with Crippen LogP contribution >= 0.6 is 0 Å². The predicted molar refractivity (Wildman–Crippen MR) is 296 cm³/mol. The average molecular weight is 1120 g/mol. The van der Waals surface area contributed by atoms with Gasteiger partial charge in [0.1, 0.15) is 73.2 Å². The normalized spacial score (nSPS) is 30.7. The fraction of sp³-hybridized carbons (Fsp3) is 0.881. The lowest BCUT2D eigenvalue weighted by atomic mass is 9.96. The van der Waals surface area contributed by atoms with Gasteiger partial charge in [-0.1, -0.05) is 179 Å². The zero-order chi connectivity index (χ0) is 56.9. The van der Waals surface area contributed by atoms with Crippen molar-refractivity contribution in [2.75, 3.05) is 26.4 Å². The zero-order valence-electron chi connectivity index (χ0n) is 47.4. The number of nitrogens with one attached hydrogen (secondary N) is 1. The summed E-state index contributed by atoms with van der Waals surface area (Å²) in [5.74, 6) is -0.252. The maximum atomic E-state index is 13.3. The molecule has 17 unspecified atom stereocenters. The van der Waals surface area contributed by atoms with Crippen LogP contribution in [0.1, 0.15) is 200 Å². The molecule has 1 amide bonds. The van der Waals surface area contributed by atoms with Gasteiger partial charge in [0.05, 0.1) is 38.6 Å². The fourth-order valence-corrected chi connectivity index (χ4v) is 10.2. The number of hydrogen-bond acceptors (Lipinski definition) is 18. The summed E-state index contributed by atoms with van der Waals surface area (Å²) in [7, 11) is 0. The van der Waals surface area contributed by atoms with Crippen molar-refractivity contribution >= 4 is 5.91 Å². The summed E-state index contributed by atoms with van der Waals surface area (Å²) in [6.07, 6.45) is 18.7. The van der Waals surface area contributed by atoms with Crippen LogP contribution in [0.15, 0.2) is 36.5 Å². The molecule has 0 aromatic rings. The fourth-order valence-electron chi connectivity index (χ4n) is 10.2. The minimum absolute atomic E-state index is 0.252. The van der Waals surface area contributed by atoms with Crippen LogP contribution < -0.4 is 5.32 Å². The first-order valence-corrected chi connectivity index (χ1v) is 30.2. The Morgan fingerprint density at radius 1 is 0.462 bits per heavy atom. The van der Waals surface area contributed by atoms with E-state index in [9.17, 15) is 61.0 Å². The Morgan fingerprint density at radius 2 is 0.846 bits per heavy atom. The molecule has 3 fully saturated rings. The Hall–Kier alpha value is -1.99. The first-order chi connectivity index (χ1) is 37.8. The van der Waals surface area contributed by atoms with E-state index >= 15 is 0 Å². The molecular formula is C59H107NO18. The van der Waals surface area contributed by atoms with Gasteiger partial charge in [0.2, 0.25) is 5.91 Å². The van der Waals surface area contributed by atoms with Crippen LogP contribution in [0.4, 0.5) is 0 Å². The minimum atomic E-state index is -1.97. The van der Waals surface area contributed by atoms with Gasteiger partial charge >= 0.3 is 0 Å². The van der Waals surface area contributed by atoms with E-state index in [0.717, 1.165) is 77.0 Å². The molecular weight excluding hydrogens is 1010 g/mol. The molecule has 19 heteroatoms. The molecule has 19 nitrogen and oxygen atoms in total. The summed E-state index contributed by atoms with van der Waals surface area (Å²) in [4.78, 5) is 13.3. The minimum Gasteiger partial charge on any atom is -0.394 e. The molecule has 0 spiro atoms. The summed E-state index contributed by atoms with van der Waals surface area (Å²) in [5, 5.41) is 120. The molecule has 0 aromatic carbocycles. The zero-order valence-corrected chi connectivity index (χ0v) is 47.4. The first-order valence-electron chi connectivity index (χ1n) is 30.2. The van der Waals surface area contributed by atoms with Crippen molar-refractivity contribution in [1.29, 1.82) is 0 Å². The third-order valence-electron chi connectivity index (χ3n) is 15.2. The summed E-state index contributed by atoms with van der Waals surface area (Å²) < 4.78 is 34.2. The van der Waals surface area contributed by atoms with Gasteiger partial charge in [-0.25, -0.2) is 0 Å². The van der Waals surface area contributed by atoms with Crippen LogP contribution in [0, 0.1) is 0 Å². The quantitative estimate of drug-likeness (QED) is 0.0271. The highest BCUT2D eigenvalue weighted by molar-refractivity contribution is 5.76. The van der Waals surface area contributed by atoms with E-state index in [0.29, 0.717) is 12.8 Å². The molecule has 456 valence electrons. The van der Waals surface area contributed by atoms with Crippen molar-refractivity contribution in [2.45, 2.75) is 304 Å². The molecule has 0 aliphatic carbocycles. The highest BCUT2D eigenvalue weighted by Gasteiger charge is 2.53. The van der Waals surface area contributed by atoms with E-state index in [1.54, 1.807) is 0 Å². The predicted octanol–water partition coefficient (Wildman–Crippen LogP) is 5.32. The molecule has 0 bridgehead atoms. The van der Waals surface area contributed by atoms with Crippen LogP contribution in [-0.2, 0) is 33.2 Å². The summed E-state index contributed by atoms with van der Waals surface area (Å²) in [5.41, 5.74) is 0. The summed E-state index contributed by atoms with van der Waals surface area (Å²) >= 11 is 0. The average Bonchev–Trinajstić information content (AvgIpc) is 3.45. The van der Waals surface area contributed by atoms with Gasteiger partial charge in [0, 0.05) is 6.42 Å². The van der Waals surface area contributed by atoms with Crippen molar-refractivity contribution in [3.05, 3.63) is 36.5 Å². The Labute approximate surface area is 466 Å². The lowest BCUT2D eigenvalue weighted by Gasteiger charge is -2.48. The molecule has 78 heavy (non-hydrogen) atoms. The lowest BCUT2D eigenvalue weighted by Crippen LogP contribution is -2.66. The van der Waals surface area contributed by atoms with Crippen LogP contribution in [0.5, 0.6) is 0 Å². The molecule has 3 heterocycles. The maximum Gasteiger partial charge on any atom is 0.220 e. The number of carbonyl (C=O) groups excluding carboxylic acids is 1. The number of aliphatic hydroxyl groups is 11. The van der Waals surface area contributed by atoms with E-state index < -0.39 is 124 Å². The molecule has 0 aromatic heterocycles. The number of aliphatic hydroxyl groups excluding tert-OH is 11. The number of ether oxygens (including phenoxy) is 6. The van der Waals surface area contributed by atoms with Gasteiger partial charge in [0.25, 0.3) is 0 Å². The monoisotopic (exact) mass is 1120 g/mol. The number of rotatable bonds is 44. The van der Waals surface area contributed by atoms with Gasteiger partial charge in [0.15, 0.2) is 18.9 Å². The topological polar surface area (TPSA) is 307 Å². The van der Waals surface area contributed by atoms with Crippen molar-refractivity contribution < 1.29 is 89.4 Å². The first kappa shape index (κ1) is 70.3. The van der Waals surface area contributed by atoms with Crippen molar-refractivity contribution in [1.82, 2.24) is 5.32 Å². The van der Waals surface area contributed by atoms with Gasteiger partial charge in [-0.3, -0.25) is 4.79 Å². The Balaban J connectivity index is 1.37. The molecule has 17 atom stereocenters. The molecule has 3 saturated heterocycles. The maximum absolute atomic E-state index is 13.3.